The van der Waals surface area contributed by atoms with Crippen molar-refractivity contribution < 1.29 is 23.7 Å². The van der Waals surface area contributed by atoms with Gasteiger partial charge in [0.15, 0.2) is 29.1 Å². The molecule has 31 heavy (non-hydrogen) atoms. The number of carbonyl (C=O) groups excluding carboxylic acids is 1. The normalized spacial score (nSPS) is 14.7. The van der Waals surface area contributed by atoms with Gasteiger partial charge in [-0.1, -0.05) is 12.1 Å². The maximum absolute atomic E-state index is 12.7. The molecule has 1 aromatic heterocycles. The van der Waals surface area contributed by atoms with E-state index >= 15 is 0 Å². The first kappa shape index (κ1) is 20.6. The quantitative estimate of drug-likeness (QED) is 0.594. The summed E-state index contributed by atoms with van der Waals surface area (Å²) in [6.07, 6.45) is 3.20. The van der Waals surface area contributed by atoms with Crippen molar-refractivity contribution in [2.75, 3.05) is 25.1 Å². The summed E-state index contributed by atoms with van der Waals surface area (Å²) in [6, 6.07) is 12.7. The van der Waals surface area contributed by atoms with E-state index in [0.29, 0.717) is 49.1 Å². The molecule has 8 nitrogen and oxygen atoms in total. The molecule has 0 saturated carbocycles. The van der Waals surface area contributed by atoms with Gasteiger partial charge in [-0.25, -0.2) is 0 Å². The second-order valence-corrected chi connectivity index (χ2v) is 6.93. The number of rotatable bonds is 8. The largest absolute Gasteiger partial charge is 0.490 e. The van der Waals surface area contributed by atoms with Crippen LogP contribution in [0.5, 0.6) is 23.0 Å². The molecule has 4 rings (SSSR count). The maximum atomic E-state index is 12.7. The molecule has 1 N–H and O–H groups in total. The summed E-state index contributed by atoms with van der Waals surface area (Å²) in [5, 5.41) is 7.18. The van der Waals surface area contributed by atoms with Crippen molar-refractivity contribution >= 4 is 11.6 Å². The van der Waals surface area contributed by atoms with Crippen molar-refractivity contribution in [1.82, 2.24) is 9.78 Å². The van der Waals surface area contributed by atoms with Crippen LogP contribution in [0.15, 0.2) is 54.9 Å². The predicted octanol–water partition coefficient (Wildman–Crippen LogP) is 3.77. The second kappa shape index (κ2) is 9.42. The number of hydrogen-bond donors (Lipinski definition) is 1. The van der Waals surface area contributed by atoms with E-state index in [9.17, 15) is 4.79 Å². The van der Waals surface area contributed by atoms with Crippen molar-refractivity contribution in [3.8, 4) is 23.0 Å². The minimum Gasteiger partial charge on any atom is -0.490 e. The molecule has 0 saturated heterocycles. The molecule has 1 aliphatic heterocycles. The molecular weight excluding hydrogens is 398 g/mol. The highest BCUT2D eigenvalue weighted by atomic mass is 16.6. The second-order valence-electron chi connectivity index (χ2n) is 6.93. The van der Waals surface area contributed by atoms with Crippen LogP contribution in [0.2, 0.25) is 0 Å². The molecule has 0 bridgehead atoms. The molecule has 3 aromatic rings. The van der Waals surface area contributed by atoms with Crippen LogP contribution in [-0.4, -0.2) is 41.6 Å². The molecule has 0 spiro atoms. The van der Waals surface area contributed by atoms with Gasteiger partial charge in [0.05, 0.1) is 31.6 Å². The summed E-state index contributed by atoms with van der Waals surface area (Å²) in [6.45, 7) is 5.72. The van der Waals surface area contributed by atoms with E-state index in [0.717, 1.165) is 11.5 Å². The van der Waals surface area contributed by atoms with Gasteiger partial charge in [-0.3, -0.25) is 9.48 Å². The average Bonchev–Trinajstić information content (AvgIpc) is 3.21. The summed E-state index contributed by atoms with van der Waals surface area (Å²) in [5.41, 5.74) is 1.06. The van der Waals surface area contributed by atoms with Crippen LogP contribution in [0.25, 0.3) is 0 Å². The number of ether oxygens (including phenoxy) is 4. The summed E-state index contributed by atoms with van der Waals surface area (Å²) in [5.74, 6) is 2.37. The van der Waals surface area contributed by atoms with Crippen molar-refractivity contribution in [3.63, 3.8) is 0 Å². The lowest BCUT2D eigenvalue weighted by Gasteiger charge is -2.26. The minimum atomic E-state index is -0.255. The van der Waals surface area contributed by atoms with Crippen LogP contribution < -0.4 is 24.3 Å². The van der Waals surface area contributed by atoms with E-state index < -0.39 is 0 Å². The van der Waals surface area contributed by atoms with Gasteiger partial charge in [0.25, 0.3) is 5.91 Å². The monoisotopic (exact) mass is 423 g/mol. The number of aromatic nitrogens is 2. The fraction of sp³-hybridized carbons (Fsp3) is 0.304. The SMILES string of the molecule is CCOc1ccc(C(=O)Nc2cnn(CC3COc4ccccc4O3)c2)cc1OCC. The minimum absolute atomic E-state index is 0.168. The van der Waals surface area contributed by atoms with Crippen molar-refractivity contribution in [2.45, 2.75) is 26.5 Å². The van der Waals surface area contributed by atoms with Crippen LogP contribution in [0, 0.1) is 0 Å². The standard InChI is InChI=1S/C23H25N3O5/c1-3-28-20-10-9-16(11-22(20)29-4-2)23(27)25-17-12-24-26(13-17)14-18-15-30-19-7-5-6-8-21(19)31-18/h5-13,18H,3-4,14-15H2,1-2H3,(H,25,27). The Hall–Kier alpha value is -3.68. The van der Waals surface area contributed by atoms with Crippen LogP contribution >= 0.6 is 0 Å². The fourth-order valence-corrected chi connectivity index (χ4v) is 3.29. The number of anilines is 1. The van der Waals surface area contributed by atoms with E-state index in [2.05, 4.69) is 10.4 Å². The van der Waals surface area contributed by atoms with Gasteiger partial charge in [-0.2, -0.15) is 5.10 Å². The molecule has 0 fully saturated rings. The molecule has 1 aliphatic rings. The van der Waals surface area contributed by atoms with Crippen LogP contribution in [0.3, 0.4) is 0 Å². The molecule has 0 radical (unpaired) electrons. The smallest absolute Gasteiger partial charge is 0.255 e. The zero-order chi connectivity index (χ0) is 21.6. The molecule has 1 amide bonds. The fourth-order valence-electron chi connectivity index (χ4n) is 3.29. The van der Waals surface area contributed by atoms with Crippen molar-refractivity contribution in [3.05, 3.63) is 60.4 Å². The van der Waals surface area contributed by atoms with Crippen molar-refractivity contribution in [1.29, 1.82) is 0 Å². The van der Waals surface area contributed by atoms with Crippen LogP contribution in [0.4, 0.5) is 5.69 Å². The molecule has 162 valence electrons. The van der Waals surface area contributed by atoms with E-state index in [1.54, 1.807) is 35.3 Å². The highest BCUT2D eigenvalue weighted by Crippen LogP contribution is 2.31. The number of nitrogens with zero attached hydrogens (tertiary/aromatic N) is 2. The first-order chi connectivity index (χ1) is 15.2. The lowest BCUT2D eigenvalue weighted by atomic mass is 10.2. The van der Waals surface area contributed by atoms with Gasteiger partial charge in [0, 0.05) is 11.8 Å². The Balaban J connectivity index is 1.39. The summed E-state index contributed by atoms with van der Waals surface area (Å²) in [4.78, 5) is 12.7. The van der Waals surface area contributed by atoms with E-state index in [4.69, 9.17) is 18.9 Å². The summed E-state index contributed by atoms with van der Waals surface area (Å²) < 4.78 is 24.6. The number of fused-ring (bicyclic) bond motifs is 1. The molecule has 2 aromatic carbocycles. The Morgan fingerprint density at radius 1 is 1.13 bits per heavy atom. The highest BCUT2D eigenvalue weighted by molar-refractivity contribution is 6.04. The third-order valence-electron chi connectivity index (χ3n) is 4.65. The average molecular weight is 423 g/mol. The van der Waals surface area contributed by atoms with Crippen molar-refractivity contribution in [2.24, 2.45) is 0 Å². The predicted molar refractivity (Wildman–Crippen MR) is 115 cm³/mol. The van der Waals surface area contributed by atoms with Gasteiger partial charge in [0.2, 0.25) is 0 Å². The van der Waals surface area contributed by atoms with Crippen LogP contribution in [-0.2, 0) is 6.54 Å². The molecule has 1 atom stereocenters. The Labute approximate surface area is 180 Å². The van der Waals surface area contributed by atoms with Crippen LogP contribution in [0.1, 0.15) is 24.2 Å². The molecular formula is C23H25N3O5. The zero-order valence-corrected chi connectivity index (χ0v) is 17.5. The van der Waals surface area contributed by atoms with E-state index in [-0.39, 0.29) is 12.0 Å². The number of nitrogens with one attached hydrogen (secondary N) is 1. The van der Waals surface area contributed by atoms with Gasteiger partial charge < -0.3 is 24.3 Å². The highest BCUT2D eigenvalue weighted by Gasteiger charge is 2.21. The Morgan fingerprint density at radius 3 is 2.71 bits per heavy atom. The molecule has 8 heteroatoms. The van der Waals surface area contributed by atoms with Gasteiger partial charge in [0.1, 0.15) is 6.61 Å². The number of benzene rings is 2. The third-order valence-corrected chi connectivity index (χ3v) is 4.65. The van der Waals surface area contributed by atoms with Gasteiger partial charge >= 0.3 is 0 Å². The Bertz CT molecular complexity index is 1050. The summed E-state index contributed by atoms with van der Waals surface area (Å²) in [7, 11) is 0. The zero-order valence-electron chi connectivity index (χ0n) is 17.5. The van der Waals surface area contributed by atoms with E-state index in [1.165, 1.54) is 0 Å². The Morgan fingerprint density at radius 2 is 1.90 bits per heavy atom. The number of carbonyl (C=O) groups is 1. The number of hydrogen-bond acceptors (Lipinski definition) is 6. The molecule has 0 aliphatic carbocycles. The first-order valence-corrected chi connectivity index (χ1v) is 10.3. The van der Waals surface area contributed by atoms with Gasteiger partial charge in [-0.05, 0) is 44.2 Å². The first-order valence-electron chi connectivity index (χ1n) is 10.3. The van der Waals surface area contributed by atoms with E-state index in [1.807, 2.05) is 38.1 Å². The molecule has 1 unspecified atom stereocenters. The maximum Gasteiger partial charge on any atom is 0.255 e. The lowest BCUT2D eigenvalue weighted by Crippen LogP contribution is -2.33. The number of amides is 1. The third kappa shape index (κ3) is 4.91. The lowest BCUT2D eigenvalue weighted by molar-refractivity contribution is 0.0759. The Kier molecular flexibility index (Phi) is 6.26. The van der Waals surface area contributed by atoms with Gasteiger partial charge in [-0.15, -0.1) is 0 Å². The summed E-state index contributed by atoms with van der Waals surface area (Å²) >= 11 is 0. The molecule has 2 heterocycles. The topological polar surface area (TPSA) is 83.8 Å². The number of para-hydroxylation sites is 2.